The summed E-state index contributed by atoms with van der Waals surface area (Å²) in [4.78, 5) is 24.6. The number of aryl methyl sites for hydroxylation is 1. The summed E-state index contributed by atoms with van der Waals surface area (Å²) in [6.07, 6.45) is 1.02. The molecule has 0 spiro atoms. The van der Waals surface area contributed by atoms with Crippen LogP contribution in [0.2, 0.25) is 0 Å². The number of ketones is 1. The number of sulfonamides is 1. The maximum absolute atomic E-state index is 12.5. The molecule has 0 fully saturated rings. The van der Waals surface area contributed by atoms with E-state index in [0.717, 1.165) is 16.9 Å². The van der Waals surface area contributed by atoms with E-state index in [1.54, 1.807) is 25.1 Å². The van der Waals surface area contributed by atoms with Crippen molar-refractivity contribution in [1.29, 1.82) is 0 Å². The summed E-state index contributed by atoms with van der Waals surface area (Å²) in [6, 6.07) is 18.3. The molecule has 0 amide bonds. The lowest BCUT2D eigenvalue weighted by Gasteiger charge is -2.18. The third-order valence-corrected chi connectivity index (χ3v) is 7.40. The van der Waals surface area contributed by atoms with Gasteiger partial charge in [0.25, 0.3) is 0 Å². The number of carbonyl (C=O) groups excluding carboxylic acids is 2. The fourth-order valence-electron chi connectivity index (χ4n) is 3.79. The second-order valence-electron chi connectivity index (χ2n) is 7.78. The predicted octanol–water partition coefficient (Wildman–Crippen LogP) is 4.02. The number of fused-ring (bicyclic) bond motifs is 1. The Morgan fingerprint density at radius 2 is 1.85 bits per heavy atom. The maximum atomic E-state index is 12.5. The Kier molecular flexibility index (Phi) is 6.65. The van der Waals surface area contributed by atoms with Crippen LogP contribution in [0.15, 0.2) is 65.1 Å². The van der Waals surface area contributed by atoms with E-state index in [0.29, 0.717) is 36.4 Å². The van der Waals surface area contributed by atoms with Crippen LogP contribution in [0.25, 0.3) is 11.3 Å². The molecule has 0 atom stereocenters. The van der Waals surface area contributed by atoms with E-state index >= 15 is 0 Å². The number of anilines is 1. The molecule has 0 bridgehead atoms. The molecule has 0 aliphatic carbocycles. The van der Waals surface area contributed by atoms with Gasteiger partial charge in [0.2, 0.25) is 10.0 Å². The summed E-state index contributed by atoms with van der Waals surface area (Å²) in [5, 5.41) is 0. The highest BCUT2D eigenvalue weighted by Gasteiger charge is 2.28. The maximum Gasteiger partial charge on any atom is 0.306 e. The number of nitrogens with zero attached hydrogens (tertiary/aromatic N) is 1. The molecule has 1 aromatic heterocycles. The smallest absolute Gasteiger partial charge is 0.306 e. The van der Waals surface area contributed by atoms with Gasteiger partial charge in [-0.2, -0.15) is 0 Å². The molecule has 172 valence electrons. The van der Waals surface area contributed by atoms with Crippen molar-refractivity contribution in [3.63, 3.8) is 0 Å². The van der Waals surface area contributed by atoms with Crippen LogP contribution in [-0.4, -0.2) is 39.1 Å². The van der Waals surface area contributed by atoms with E-state index in [4.69, 9.17) is 9.15 Å². The molecule has 0 N–H and O–H groups in total. The second kappa shape index (κ2) is 9.62. The molecule has 7 nitrogen and oxygen atoms in total. The van der Waals surface area contributed by atoms with Crippen molar-refractivity contribution in [3.8, 4) is 11.3 Å². The van der Waals surface area contributed by atoms with Crippen LogP contribution in [-0.2, 0) is 32.4 Å². The quantitative estimate of drug-likeness (QED) is 0.349. The number of hydrogen-bond donors (Lipinski definition) is 0. The minimum atomic E-state index is -3.34. The Hall–Kier alpha value is -3.39. The third kappa shape index (κ3) is 5.17. The van der Waals surface area contributed by atoms with E-state index in [1.165, 1.54) is 4.31 Å². The number of furan rings is 1. The largest absolute Gasteiger partial charge is 0.461 e. The zero-order chi connectivity index (χ0) is 23.4. The van der Waals surface area contributed by atoms with E-state index in [9.17, 15) is 18.0 Å². The summed E-state index contributed by atoms with van der Waals surface area (Å²) < 4.78 is 36.7. The first kappa shape index (κ1) is 22.8. The Bertz CT molecular complexity index is 1260. The molecule has 0 saturated carbocycles. The predicted molar refractivity (Wildman–Crippen MR) is 125 cm³/mol. The van der Waals surface area contributed by atoms with Crippen LogP contribution < -0.4 is 4.31 Å². The Morgan fingerprint density at radius 3 is 2.61 bits per heavy atom. The SMILES string of the molecule is CCS(=O)(=O)N1CCc2cc(C(=O)COC(=O)CCc3ccc(-c4ccccc4)o3)ccc21. The van der Waals surface area contributed by atoms with Crippen LogP contribution in [0.5, 0.6) is 0 Å². The Labute approximate surface area is 193 Å². The highest BCUT2D eigenvalue weighted by atomic mass is 32.2. The lowest BCUT2D eigenvalue weighted by Crippen LogP contribution is -2.30. The van der Waals surface area contributed by atoms with E-state index in [1.807, 2.05) is 42.5 Å². The van der Waals surface area contributed by atoms with Crippen molar-refractivity contribution in [2.75, 3.05) is 23.2 Å². The van der Waals surface area contributed by atoms with Crippen LogP contribution in [0.3, 0.4) is 0 Å². The normalized spacial score (nSPS) is 13.1. The average Bonchev–Trinajstić information content (AvgIpc) is 3.49. The highest BCUT2D eigenvalue weighted by molar-refractivity contribution is 7.92. The number of benzene rings is 2. The van der Waals surface area contributed by atoms with Crippen molar-refractivity contribution >= 4 is 27.5 Å². The summed E-state index contributed by atoms with van der Waals surface area (Å²) in [5.41, 5.74) is 2.77. The molecule has 2 aromatic carbocycles. The fraction of sp³-hybridized carbons (Fsp3) is 0.280. The summed E-state index contributed by atoms with van der Waals surface area (Å²) in [5.74, 6) is 0.613. The number of hydrogen-bond acceptors (Lipinski definition) is 6. The number of ether oxygens (including phenoxy) is 1. The van der Waals surface area contributed by atoms with Gasteiger partial charge in [-0.05, 0) is 49.2 Å². The van der Waals surface area contributed by atoms with E-state index in [-0.39, 0.29) is 24.6 Å². The molecule has 2 heterocycles. The summed E-state index contributed by atoms with van der Waals surface area (Å²) in [7, 11) is -3.34. The molecule has 4 rings (SSSR count). The van der Waals surface area contributed by atoms with Gasteiger partial charge in [0.15, 0.2) is 12.4 Å². The van der Waals surface area contributed by atoms with E-state index in [2.05, 4.69) is 0 Å². The lowest BCUT2D eigenvalue weighted by atomic mass is 10.1. The summed E-state index contributed by atoms with van der Waals surface area (Å²) >= 11 is 0. The molecule has 0 radical (unpaired) electrons. The van der Waals surface area contributed by atoms with Crippen LogP contribution >= 0.6 is 0 Å². The lowest BCUT2D eigenvalue weighted by molar-refractivity contribution is -0.142. The topological polar surface area (TPSA) is 93.9 Å². The molecule has 1 aliphatic rings. The minimum absolute atomic E-state index is 0.0225. The second-order valence-corrected chi connectivity index (χ2v) is 9.96. The van der Waals surface area contributed by atoms with Gasteiger partial charge in [0.05, 0.1) is 17.9 Å². The number of rotatable bonds is 9. The molecular formula is C25H25NO6S. The molecule has 0 saturated heterocycles. The van der Waals surface area contributed by atoms with Gasteiger partial charge in [0.1, 0.15) is 11.5 Å². The summed E-state index contributed by atoms with van der Waals surface area (Å²) in [6.45, 7) is 1.62. The first-order valence-corrected chi connectivity index (χ1v) is 12.4. The Balaban J connectivity index is 1.29. The van der Waals surface area contributed by atoms with Crippen LogP contribution in [0, 0.1) is 0 Å². The van der Waals surface area contributed by atoms with Crippen molar-refractivity contribution in [1.82, 2.24) is 0 Å². The van der Waals surface area contributed by atoms with Crippen molar-refractivity contribution in [3.05, 3.63) is 77.6 Å². The van der Waals surface area contributed by atoms with Crippen molar-refractivity contribution < 1.29 is 27.2 Å². The van der Waals surface area contributed by atoms with Crippen molar-refractivity contribution in [2.24, 2.45) is 0 Å². The minimum Gasteiger partial charge on any atom is -0.461 e. The van der Waals surface area contributed by atoms with Gasteiger partial charge >= 0.3 is 5.97 Å². The zero-order valence-corrected chi connectivity index (χ0v) is 19.1. The molecule has 33 heavy (non-hydrogen) atoms. The fourth-order valence-corrected chi connectivity index (χ4v) is 4.95. The standard InChI is InChI=1S/C25H25NO6S/c1-2-33(29,30)26-15-14-19-16-20(8-11-22(19)26)23(27)17-31-25(28)13-10-21-9-12-24(32-21)18-6-4-3-5-7-18/h3-9,11-12,16H,2,10,13-15,17H2,1H3. The third-order valence-electron chi connectivity index (χ3n) is 5.61. The van der Waals surface area contributed by atoms with E-state index < -0.39 is 16.0 Å². The first-order valence-electron chi connectivity index (χ1n) is 10.8. The van der Waals surface area contributed by atoms with Gasteiger partial charge in [-0.15, -0.1) is 0 Å². The average molecular weight is 468 g/mol. The molecule has 3 aromatic rings. The monoisotopic (exact) mass is 467 g/mol. The van der Waals surface area contributed by atoms with Crippen LogP contribution in [0.1, 0.15) is 35.0 Å². The molecule has 1 aliphatic heterocycles. The molecule has 8 heteroatoms. The molecule has 0 unspecified atom stereocenters. The highest BCUT2D eigenvalue weighted by Crippen LogP contribution is 2.31. The number of Topliss-reactive ketones (excluding diaryl/α,β-unsaturated/α-hetero) is 1. The number of carbonyl (C=O) groups is 2. The van der Waals surface area contributed by atoms with Gasteiger partial charge in [-0.25, -0.2) is 8.42 Å². The first-order chi connectivity index (χ1) is 15.9. The van der Waals surface area contributed by atoms with Gasteiger partial charge in [-0.1, -0.05) is 30.3 Å². The van der Waals surface area contributed by atoms with Gasteiger partial charge in [-0.3, -0.25) is 13.9 Å². The van der Waals surface area contributed by atoms with Gasteiger partial charge < -0.3 is 9.15 Å². The number of esters is 1. The van der Waals surface area contributed by atoms with Crippen LogP contribution in [0.4, 0.5) is 5.69 Å². The van der Waals surface area contributed by atoms with Gasteiger partial charge in [0, 0.05) is 24.1 Å². The molecular weight excluding hydrogens is 442 g/mol. The van der Waals surface area contributed by atoms with Crippen molar-refractivity contribution in [2.45, 2.75) is 26.2 Å². The zero-order valence-electron chi connectivity index (χ0n) is 18.3. The Morgan fingerprint density at radius 1 is 1.06 bits per heavy atom.